The Morgan fingerprint density at radius 3 is 2.36 bits per heavy atom. The maximum atomic E-state index is 10.2. The Hall–Kier alpha value is -1.10. The van der Waals surface area contributed by atoms with Crippen molar-refractivity contribution in [3.8, 4) is 5.75 Å². The molecule has 0 saturated carbocycles. The van der Waals surface area contributed by atoms with E-state index in [1.165, 1.54) is 24.1 Å². The first-order valence-corrected chi connectivity index (χ1v) is 8.40. The molecule has 1 aromatic rings. The number of likely N-dealkylation sites (N-methyl/N-ethyl adjacent to an activating group) is 1. The van der Waals surface area contributed by atoms with E-state index in [-0.39, 0.29) is 0 Å². The summed E-state index contributed by atoms with van der Waals surface area (Å²) in [6.45, 7) is 12.9. The van der Waals surface area contributed by atoms with Gasteiger partial charge < -0.3 is 14.7 Å². The lowest BCUT2D eigenvalue weighted by Gasteiger charge is -2.23. The van der Waals surface area contributed by atoms with E-state index >= 15 is 0 Å². The van der Waals surface area contributed by atoms with Crippen LogP contribution in [0.25, 0.3) is 0 Å². The predicted octanol–water partition coefficient (Wildman–Crippen LogP) is 2.07. The van der Waals surface area contributed by atoms with Gasteiger partial charge in [-0.2, -0.15) is 0 Å². The number of ether oxygens (including phenoxy) is 1. The van der Waals surface area contributed by atoms with Gasteiger partial charge in [0, 0.05) is 19.6 Å². The first kappa shape index (κ1) is 17.3. The van der Waals surface area contributed by atoms with E-state index in [1.54, 1.807) is 0 Å². The molecule has 0 radical (unpaired) electrons. The Morgan fingerprint density at radius 1 is 1.05 bits per heavy atom. The van der Waals surface area contributed by atoms with Crippen LogP contribution in [0.1, 0.15) is 24.5 Å². The van der Waals surface area contributed by atoms with Crippen LogP contribution in [0.15, 0.2) is 18.2 Å². The fourth-order valence-electron chi connectivity index (χ4n) is 3.08. The summed E-state index contributed by atoms with van der Waals surface area (Å²) in [7, 11) is 0. The van der Waals surface area contributed by atoms with Gasteiger partial charge in [0.15, 0.2) is 0 Å². The number of hydrogen-bond acceptors (Lipinski definition) is 4. The third-order valence-electron chi connectivity index (χ3n) is 4.23. The number of rotatable bonds is 6. The van der Waals surface area contributed by atoms with Crippen molar-refractivity contribution in [3.05, 3.63) is 29.3 Å². The Labute approximate surface area is 134 Å². The zero-order valence-corrected chi connectivity index (χ0v) is 14.2. The van der Waals surface area contributed by atoms with E-state index in [0.29, 0.717) is 13.2 Å². The standard InChI is InChI=1S/C18H30N2O2/c1-4-19-6-5-7-20(9-8-19)13-17(21)14-22-18-11-15(2)10-16(3)12-18/h10-12,17,21H,4-9,13-14H2,1-3H3. The zero-order chi connectivity index (χ0) is 15.9. The fraction of sp³-hybridized carbons (Fsp3) is 0.667. The molecule has 1 saturated heterocycles. The van der Waals surface area contributed by atoms with Crippen LogP contribution >= 0.6 is 0 Å². The number of nitrogens with zero attached hydrogens (tertiary/aromatic N) is 2. The average Bonchev–Trinajstić information content (AvgIpc) is 2.69. The number of aryl methyl sites for hydroxylation is 2. The Kier molecular flexibility index (Phi) is 6.68. The molecule has 22 heavy (non-hydrogen) atoms. The van der Waals surface area contributed by atoms with Gasteiger partial charge in [-0.25, -0.2) is 0 Å². The van der Waals surface area contributed by atoms with Crippen LogP contribution in [0.3, 0.4) is 0 Å². The van der Waals surface area contributed by atoms with Crippen LogP contribution in [0.4, 0.5) is 0 Å². The molecule has 0 spiro atoms. The van der Waals surface area contributed by atoms with Crippen LogP contribution in [-0.4, -0.2) is 66.9 Å². The molecule has 1 aliphatic rings. The minimum Gasteiger partial charge on any atom is -0.491 e. The highest BCUT2D eigenvalue weighted by molar-refractivity contribution is 5.32. The van der Waals surface area contributed by atoms with Crippen molar-refractivity contribution >= 4 is 0 Å². The molecule has 0 bridgehead atoms. The van der Waals surface area contributed by atoms with Crippen molar-refractivity contribution in [1.29, 1.82) is 0 Å². The number of hydrogen-bond donors (Lipinski definition) is 1. The molecular formula is C18H30N2O2. The molecule has 1 N–H and O–H groups in total. The highest BCUT2D eigenvalue weighted by atomic mass is 16.5. The Balaban J connectivity index is 1.76. The second kappa shape index (κ2) is 8.51. The molecule has 4 heteroatoms. The van der Waals surface area contributed by atoms with Gasteiger partial charge in [0.1, 0.15) is 18.5 Å². The van der Waals surface area contributed by atoms with Crippen molar-refractivity contribution in [1.82, 2.24) is 9.80 Å². The molecule has 124 valence electrons. The summed E-state index contributed by atoms with van der Waals surface area (Å²) in [5.74, 6) is 0.851. The largest absolute Gasteiger partial charge is 0.491 e. The quantitative estimate of drug-likeness (QED) is 0.873. The van der Waals surface area contributed by atoms with E-state index in [0.717, 1.165) is 31.9 Å². The maximum absolute atomic E-state index is 10.2. The van der Waals surface area contributed by atoms with Gasteiger partial charge in [-0.3, -0.25) is 4.90 Å². The van der Waals surface area contributed by atoms with E-state index in [4.69, 9.17) is 4.74 Å². The lowest BCUT2D eigenvalue weighted by Crippen LogP contribution is -2.38. The van der Waals surface area contributed by atoms with Gasteiger partial charge in [0.2, 0.25) is 0 Å². The van der Waals surface area contributed by atoms with Gasteiger partial charge in [0.25, 0.3) is 0 Å². The summed E-state index contributed by atoms with van der Waals surface area (Å²) in [5.41, 5.74) is 2.38. The molecular weight excluding hydrogens is 276 g/mol. The topological polar surface area (TPSA) is 35.9 Å². The normalized spacial score (nSPS) is 18.9. The van der Waals surface area contributed by atoms with E-state index in [1.807, 2.05) is 12.1 Å². The first-order chi connectivity index (χ1) is 10.6. The van der Waals surface area contributed by atoms with Gasteiger partial charge in [-0.1, -0.05) is 13.0 Å². The minimum atomic E-state index is -0.436. The van der Waals surface area contributed by atoms with Crippen molar-refractivity contribution in [2.45, 2.75) is 33.3 Å². The molecule has 4 nitrogen and oxygen atoms in total. The summed E-state index contributed by atoms with van der Waals surface area (Å²) in [6, 6.07) is 6.16. The summed E-state index contributed by atoms with van der Waals surface area (Å²) >= 11 is 0. The summed E-state index contributed by atoms with van der Waals surface area (Å²) in [6.07, 6.45) is 0.743. The van der Waals surface area contributed by atoms with Crippen molar-refractivity contribution in [2.24, 2.45) is 0 Å². The minimum absolute atomic E-state index is 0.358. The number of aliphatic hydroxyl groups excluding tert-OH is 1. The maximum Gasteiger partial charge on any atom is 0.119 e. The average molecular weight is 306 g/mol. The lowest BCUT2D eigenvalue weighted by molar-refractivity contribution is 0.0694. The van der Waals surface area contributed by atoms with E-state index in [9.17, 15) is 5.11 Å². The third-order valence-corrected chi connectivity index (χ3v) is 4.23. The van der Waals surface area contributed by atoms with Gasteiger partial charge in [-0.15, -0.1) is 0 Å². The lowest BCUT2D eigenvalue weighted by atomic mass is 10.1. The van der Waals surface area contributed by atoms with Crippen molar-refractivity contribution in [2.75, 3.05) is 45.9 Å². The fourth-order valence-corrected chi connectivity index (χ4v) is 3.08. The van der Waals surface area contributed by atoms with Crippen molar-refractivity contribution < 1.29 is 9.84 Å². The second-order valence-corrected chi connectivity index (χ2v) is 6.38. The smallest absolute Gasteiger partial charge is 0.119 e. The molecule has 1 unspecified atom stereocenters. The number of β-amino-alcohol motifs (C(OH)–C–C–N with tert-alkyl or cyclic N) is 1. The molecule has 1 heterocycles. The molecule has 1 aliphatic heterocycles. The van der Waals surface area contributed by atoms with Crippen LogP contribution in [-0.2, 0) is 0 Å². The number of benzene rings is 1. The molecule has 0 aliphatic carbocycles. The number of aliphatic hydroxyl groups is 1. The third kappa shape index (κ3) is 5.59. The SMILES string of the molecule is CCN1CCCN(CC(O)COc2cc(C)cc(C)c2)CC1. The highest BCUT2D eigenvalue weighted by Crippen LogP contribution is 2.16. The van der Waals surface area contributed by atoms with Crippen molar-refractivity contribution in [3.63, 3.8) is 0 Å². The summed E-state index contributed by atoms with van der Waals surface area (Å²) < 4.78 is 5.76. The molecule has 1 atom stereocenters. The van der Waals surface area contributed by atoms with Crippen LogP contribution in [0, 0.1) is 13.8 Å². The Morgan fingerprint density at radius 2 is 1.68 bits per heavy atom. The van der Waals surface area contributed by atoms with Crippen LogP contribution in [0.5, 0.6) is 5.75 Å². The van der Waals surface area contributed by atoms with Crippen LogP contribution in [0.2, 0.25) is 0 Å². The second-order valence-electron chi connectivity index (χ2n) is 6.38. The molecule has 0 aromatic heterocycles. The van der Waals surface area contributed by atoms with E-state index in [2.05, 4.69) is 36.6 Å². The highest BCUT2D eigenvalue weighted by Gasteiger charge is 2.17. The summed E-state index contributed by atoms with van der Waals surface area (Å²) in [4.78, 5) is 4.82. The Bertz CT molecular complexity index is 444. The van der Waals surface area contributed by atoms with Gasteiger partial charge in [-0.05, 0) is 63.2 Å². The zero-order valence-electron chi connectivity index (χ0n) is 14.2. The molecule has 2 rings (SSSR count). The van der Waals surface area contributed by atoms with Gasteiger partial charge >= 0.3 is 0 Å². The van der Waals surface area contributed by atoms with E-state index < -0.39 is 6.10 Å². The molecule has 1 aromatic carbocycles. The molecule has 1 fully saturated rings. The van der Waals surface area contributed by atoms with Gasteiger partial charge in [0.05, 0.1) is 0 Å². The predicted molar refractivity (Wildman–Crippen MR) is 90.6 cm³/mol. The molecule has 0 amide bonds. The van der Waals surface area contributed by atoms with Crippen LogP contribution < -0.4 is 4.74 Å². The summed E-state index contributed by atoms with van der Waals surface area (Å²) in [5, 5.41) is 10.2. The first-order valence-electron chi connectivity index (χ1n) is 8.40. The monoisotopic (exact) mass is 306 g/mol.